The van der Waals surface area contributed by atoms with Crippen LogP contribution in [0.15, 0.2) is 34.1 Å². The fourth-order valence-electron chi connectivity index (χ4n) is 1.70. The van der Waals surface area contributed by atoms with E-state index in [2.05, 4.69) is 4.72 Å². The first kappa shape index (κ1) is 18.1. The molecule has 1 atom stereocenters. The summed E-state index contributed by atoms with van der Waals surface area (Å²) < 4.78 is 49.9. The minimum Gasteiger partial charge on any atom is -0.329 e. The van der Waals surface area contributed by atoms with Gasteiger partial charge in [-0.15, -0.1) is 0 Å². The van der Waals surface area contributed by atoms with Crippen LogP contribution < -0.4 is 10.5 Å². The van der Waals surface area contributed by atoms with E-state index in [-0.39, 0.29) is 21.8 Å². The summed E-state index contributed by atoms with van der Waals surface area (Å²) in [5.74, 6) is 0. The monoisotopic (exact) mass is 334 g/mol. The molecule has 0 saturated heterocycles. The number of nitrogens with two attached hydrogens (primary N) is 1. The van der Waals surface area contributed by atoms with Gasteiger partial charge < -0.3 is 5.73 Å². The zero-order chi connectivity index (χ0) is 16.5. The number of sulfonamides is 1. The fraction of sp³-hybridized carbons (Fsp3) is 0.538. The molecule has 6 nitrogen and oxygen atoms in total. The van der Waals surface area contributed by atoms with E-state index in [0.29, 0.717) is 0 Å². The zero-order valence-electron chi connectivity index (χ0n) is 12.6. The molecule has 1 aromatic rings. The predicted molar refractivity (Wildman–Crippen MR) is 82.2 cm³/mol. The lowest BCUT2D eigenvalue weighted by molar-refractivity contribution is 0.304. The molecular formula is C13H22N2O4S2. The minimum absolute atomic E-state index is 0.0117. The third-order valence-electron chi connectivity index (χ3n) is 3.14. The summed E-state index contributed by atoms with van der Waals surface area (Å²) in [6.07, 6.45) is 1.07. The van der Waals surface area contributed by atoms with E-state index in [0.717, 1.165) is 6.26 Å². The predicted octanol–water partition coefficient (Wildman–Crippen LogP) is 0.742. The van der Waals surface area contributed by atoms with Crippen molar-refractivity contribution in [2.45, 2.75) is 36.6 Å². The third kappa shape index (κ3) is 4.77. The van der Waals surface area contributed by atoms with Crippen LogP contribution in [0.2, 0.25) is 0 Å². The molecule has 0 amide bonds. The van der Waals surface area contributed by atoms with Crippen LogP contribution >= 0.6 is 0 Å². The fourth-order valence-corrected chi connectivity index (χ4v) is 3.79. The van der Waals surface area contributed by atoms with Crippen LogP contribution in [0.4, 0.5) is 0 Å². The summed E-state index contributed by atoms with van der Waals surface area (Å²) in [7, 11) is -7.09. The van der Waals surface area contributed by atoms with E-state index in [9.17, 15) is 16.8 Å². The van der Waals surface area contributed by atoms with Crippen molar-refractivity contribution in [2.75, 3.05) is 12.8 Å². The smallest absolute Gasteiger partial charge is 0.240 e. The second kappa shape index (κ2) is 6.04. The second-order valence-corrected chi connectivity index (χ2v) is 9.75. The summed E-state index contributed by atoms with van der Waals surface area (Å²) >= 11 is 0. The van der Waals surface area contributed by atoms with Crippen LogP contribution in [0.5, 0.6) is 0 Å². The second-order valence-electron chi connectivity index (χ2n) is 6.02. The van der Waals surface area contributed by atoms with E-state index in [4.69, 9.17) is 5.73 Å². The molecule has 1 aromatic carbocycles. The molecule has 8 heteroatoms. The highest BCUT2D eigenvalue weighted by Crippen LogP contribution is 2.21. The van der Waals surface area contributed by atoms with Crippen molar-refractivity contribution in [3.05, 3.63) is 24.3 Å². The standard InChI is InChI=1S/C13H22N2O4S2/c1-13(2,3)12(9-14)15-21(18,19)11-7-5-10(6-8-11)20(4,16)17/h5-8,12,15H,9,14H2,1-4H3. The number of hydrogen-bond donors (Lipinski definition) is 2. The van der Waals surface area contributed by atoms with Crippen molar-refractivity contribution in [1.82, 2.24) is 4.72 Å². The van der Waals surface area contributed by atoms with E-state index >= 15 is 0 Å². The first-order chi connectivity index (χ1) is 9.38. The first-order valence-corrected chi connectivity index (χ1v) is 9.78. The zero-order valence-corrected chi connectivity index (χ0v) is 14.3. The van der Waals surface area contributed by atoms with E-state index in [1.54, 1.807) is 0 Å². The molecule has 0 saturated carbocycles. The molecule has 1 unspecified atom stereocenters. The van der Waals surface area contributed by atoms with E-state index in [1.165, 1.54) is 24.3 Å². The Morgan fingerprint density at radius 3 is 1.81 bits per heavy atom. The minimum atomic E-state index is -3.74. The molecule has 0 aromatic heterocycles. The molecular weight excluding hydrogens is 312 g/mol. The highest BCUT2D eigenvalue weighted by atomic mass is 32.2. The van der Waals surface area contributed by atoms with Crippen LogP contribution in [0.25, 0.3) is 0 Å². The average Bonchev–Trinajstić information content (AvgIpc) is 2.34. The first-order valence-electron chi connectivity index (χ1n) is 6.40. The Bertz CT molecular complexity index is 687. The molecule has 3 N–H and O–H groups in total. The summed E-state index contributed by atoms with van der Waals surface area (Å²) in [5, 5.41) is 0. The summed E-state index contributed by atoms with van der Waals surface area (Å²) in [6, 6.07) is 4.68. The normalized spacial score (nSPS) is 14.9. The Hall–Kier alpha value is -0.960. The van der Waals surface area contributed by atoms with Gasteiger partial charge in [0.15, 0.2) is 9.84 Å². The number of rotatable bonds is 5. The van der Waals surface area contributed by atoms with Crippen LogP contribution in [0, 0.1) is 5.41 Å². The van der Waals surface area contributed by atoms with Gasteiger partial charge in [0.2, 0.25) is 10.0 Å². The highest BCUT2D eigenvalue weighted by molar-refractivity contribution is 7.90. The van der Waals surface area contributed by atoms with Crippen molar-refractivity contribution in [2.24, 2.45) is 11.1 Å². The number of benzene rings is 1. The molecule has 0 spiro atoms. The molecule has 120 valence electrons. The Balaban J connectivity index is 3.09. The number of nitrogens with one attached hydrogen (secondary N) is 1. The Morgan fingerprint density at radius 2 is 1.48 bits per heavy atom. The Morgan fingerprint density at radius 1 is 1.05 bits per heavy atom. The van der Waals surface area contributed by atoms with Gasteiger partial charge in [0.05, 0.1) is 9.79 Å². The topological polar surface area (TPSA) is 106 Å². The molecule has 0 radical (unpaired) electrons. The average molecular weight is 334 g/mol. The lowest BCUT2D eigenvalue weighted by Gasteiger charge is -2.30. The van der Waals surface area contributed by atoms with Gasteiger partial charge in [-0.2, -0.15) is 0 Å². The maximum atomic E-state index is 12.3. The summed E-state index contributed by atoms with van der Waals surface area (Å²) in [5.41, 5.74) is 5.29. The number of hydrogen-bond acceptors (Lipinski definition) is 5. The van der Waals surface area contributed by atoms with Gasteiger partial charge >= 0.3 is 0 Å². The molecule has 0 aliphatic heterocycles. The molecule has 1 rings (SSSR count). The molecule has 0 aliphatic carbocycles. The lowest BCUT2D eigenvalue weighted by Crippen LogP contribution is -2.48. The van der Waals surface area contributed by atoms with Gasteiger partial charge in [0.1, 0.15) is 0 Å². The Labute approximate surface area is 126 Å². The van der Waals surface area contributed by atoms with Gasteiger partial charge in [0, 0.05) is 18.8 Å². The van der Waals surface area contributed by atoms with Gasteiger partial charge in [0.25, 0.3) is 0 Å². The van der Waals surface area contributed by atoms with Crippen molar-refractivity contribution in [1.29, 1.82) is 0 Å². The summed E-state index contributed by atoms with van der Waals surface area (Å²) in [4.78, 5) is 0.0882. The van der Waals surface area contributed by atoms with E-state index in [1.807, 2.05) is 20.8 Å². The van der Waals surface area contributed by atoms with Crippen LogP contribution in [0.3, 0.4) is 0 Å². The lowest BCUT2D eigenvalue weighted by atomic mass is 9.88. The van der Waals surface area contributed by atoms with Crippen LogP contribution in [-0.2, 0) is 19.9 Å². The third-order valence-corrected chi connectivity index (χ3v) is 5.76. The maximum Gasteiger partial charge on any atom is 0.240 e. The quantitative estimate of drug-likeness (QED) is 0.826. The van der Waals surface area contributed by atoms with Gasteiger partial charge in [-0.25, -0.2) is 21.6 Å². The Kier molecular flexibility index (Phi) is 5.20. The van der Waals surface area contributed by atoms with Gasteiger partial charge in [-0.3, -0.25) is 0 Å². The van der Waals surface area contributed by atoms with Crippen molar-refractivity contribution < 1.29 is 16.8 Å². The van der Waals surface area contributed by atoms with Crippen LogP contribution in [-0.4, -0.2) is 35.7 Å². The van der Waals surface area contributed by atoms with E-state index < -0.39 is 25.9 Å². The molecule has 0 bridgehead atoms. The van der Waals surface area contributed by atoms with Crippen molar-refractivity contribution in [3.63, 3.8) is 0 Å². The largest absolute Gasteiger partial charge is 0.329 e. The summed E-state index contributed by atoms with van der Waals surface area (Å²) in [6.45, 7) is 5.84. The van der Waals surface area contributed by atoms with Crippen molar-refractivity contribution >= 4 is 19.9 Å². The SMILES string of the molecule is CC(C)(C)C(CN)NS(=O)(=O)c1ccc(S(C)(=O)=O)cc1. The van der Waals surface area contributed by atoms with Crippen LogP contribution in [0.1, 0.15) is 20.8 Å². The van der Waals surface area contributed by atoms with Gasteiger partial charge in [-0.05, 0) is 29.7 Å². The molecule has 0 heterocycles. The van der Waals surface area contributed by atoms with Gasteiger partial charge in [-0.1, -0.05) is 20.8 Å². The molecule has 0 aliphatic rings. The number of sulfone groups is 1. The molecule has 0 fully saturated rings. The maximum absolute atomic E-state index is 12.3. The van der Waals surface area contributed by atoms with Crippen molar-refractivity contribution in [3.8, 4) is 0 Å². The highest BCUT2D eigenvalue weighted by Gasteiger charge is 2.28. The molecule has 21 heavy (non-hydrogen) atoms.